The number of halogens is 3. The lowest BCUT2D eigenvalue weighted by Crippen LogP contribution is -2.48. The molecule has 1 aliphatic carbocycles. The predicted molar refractivity (Wildman–Crippen MR) is 74.4 cm³/mol. The highest BCUT2D eigenvalue weighted by Gasteiger charge is 2.37. The second-order valence-corrected chi connectivity index (χ2v) is 6.07. The Labute approximate surface area is 126 Å². The van der Waals surface area contributed by atoms with Gasteiger partial charge in [0, 0.05) is 18.8 Å². The van der Waals surface area contributed by atoms with Crippen molar-refractivity contribution < 1.29 is 18.0 Å². The Bertz CT molecular complexity index is 542. The number of hydrogen-bond acceptors (Lipinski definition) is 2. The fraction of sp³-hybridized carbons (Fsp3) is 0.714. The first-order chi connectivity index (χ1) is 10.4. The van der Waals surface area contributed by atoms with Gasteiger partial charge in [0.05, 0.1) is 11.9 Å². The molecule has 1 aromatic rings. The van der Waals surface area contributed by atoms with Crippen molar-refractivity contribution in [1.82, 2.24) is 14.7 Å². The van der Waals surface area contributed by atoms with Crippen molar-refractivity contribution in [3.05, 3.63) is 12.4 Å². The number of aromatic nitrogens is 2. The summed E-state index contributed by atoms with van der Waals surface area (Å²) in [6, 6.07) is 0.0436. The molecule has 2 aliphatic rings. The van der Waals surface area contributed by atoms with Gasteiger partial charge < -0.3 is 10.2 Å². The van der Waals surface area contributed by atoms with Gasteiger partial charge in [0.1, 0.15) is 6.54 Å². The quantitative estimate of drug-likeness (QED) is 0.910. The summed E-state index contributed by atoms with van der Waals surface area (Å²) in [5.41, 5.74) is 0.300. The summed E-state index contributed by atoms with van der Waals surface area (Å²) >= 11 is 0. The first-order valence-electron chi connectivity index (χ1n) is 7.59. The van der Waals surface area contributed by atoms with Crippen molar-refractivity contribution in [2.75, 3.05) is 11.9 Å². The second kappa shape index (κ2) is 5.81. The van der Waals surface area contributed by atoms with Gasteiger partial charge >= 0.3 is 12.2 Å². The van der Waals surface area contributed by atoms with Crippen LogP contribution in [0.2, 0.25) is 0 Å². The van der Waals surface area contributed by atoms with E-state index in [1.165, 1.54) is 12.4 Å². The van der Waals surface area contributed by atoms with Gasteiger partial charge in [-0.2, -0.15) is 18.3 Å². The fourth-order valence-corrected chi connectivity index (χ4v) is 3.60. The van der Waals surface area contributed by atoms with E-state index >= 15 is 0 Å². The third kappa shape index (κ3) is 3.36. The van der Waals surface area contributed by atoms with E-state index in [9.17, 15) is 18.0 Å². The molecule has 122 valence electrons. The van der Waals surface area contributed by atoms with Gasteiger partial charge in [0.25, 0.3) is 0 Å². The number of carbonyl (C=O) groups is 1. The number of fused-ring (bicyclic) bond motifs is 1. The molecular formula is C14H19F3N4O. The molecule has 0 spiro atoms. The Morgan fingerprint density at radius 1 is 1.32 bits per heavy atom. The van der Waals surface area contributed by atoms with Crippen molar-refractivity contribution >= 4 is 11.7 Å². The minimum absolute atomic E-state index is 0.233. The van der Waals surface area contributed by atoms with Crippen molar-refractivity contribution in [2.45, 2.75) is 50.9 Å². The largest absolute Gasteiger partial charge is 0.408 e. The van der Waals surface area contributed by atoms with Crippen LogP contribution in [0.15, 0.2) is 12.4 Å². The summed E-state index contributed by atoms with van der Waals surface area (Å²) in [6.07, 6.45) is 3.62. The molecule has 1 N–H and O–H groups in total. The summed E-state index contributed by atoms with van der Waals surface area (Å²) in [5.74, 6) is 0.576. The molecule has 1 saturated carbocycles. The van der Waals surface area contributed by atoms with Gasteiger partial charge in [-0.1, -0.05) is 6.42 Å². The maximum atomic E-state index is 12.4. The lowest BCUT2D eigenvalue weighted by Gasteiger charge is -2.37. The molecule has 22 heavy (non-hydrogen) atoms. The molecule has 1 aromatic heterocycles. The zero-order valence-electron chi connectivity index (χ0n) is 12.1. The SMILES string of the molecule is O=C(Nc1cnn(CC(F)(F)F)c1)N1CCC[C@H]2CCC[C@H]21. The average molecular weight is 316 g/mol. The summed E-state index contributed by atoms with van der Waals surface area (Å²) in [7, 11) is 0. The number of nitrogens with one attached hydrogen (secondary N) is 1. The fourth-order valence-electron chi connectivity index (χ4n) is 3.60. The van der Waals surface area contributed by atoms with Crippen LogP contribution in [0.25, 0.3) is 0 Å². The van der Waals surface area contributed by atoms with Crippen LogP contribution in [0.1, 0.15) is 32.1 Å². The standard InChI is InChI=1S/C14H19F3N4O/c15-14(16,17)9-20-8-11(7-18-20)19-13(22)21-6-2-4-10-3-1-5-12(10)21/h7-8,10,12H,1-6,9H2,(H,19,22)/t10-,12-/m1/s1. The Morgan fingerprint density at radius 3 is 2.86 bits per heavy atom. The van der Waals surface area contributed by atoms with Crippen LogP contribution in [0.4, 0.5) is 23.7 Å². The van der Waals surface area contributed by atoms with Crippen LogP contribution < -0.4 is 5.32 Å². The number of amides is 2. The number of piperidine rings is 1. The van der Waals surface area contributed by atoms with Gasteiger partial charge in [-0.25, -0.2) is 4.79 Å². The number of carbonyl (C=O) groups excluding carboxylic acids is 1. The number of urea groups is 1. The number of alkyl halides is 3. The van der Waals surface area contributed by atoms with Crippen molar-refractivity contribution in [3.63, 3.8) is 0 Å². The Kier molecular flexibility index (Phi) is 4.01. The monoisotopic (exact) mass is 316 g/mol. The smallest absolute Gasteiger partial charge is 0.321 e. The minimum Gasteiger partial charge on any atom is -0.321 e. The molecule has 2 fully saturated rings. The average Bonchev–Trinajstić information content (AvgIpc) is 3.05. The van der Waals surface area contributed by atoms with Crippen molar-refractivity contribution in [3.8, 4) is 0 Å². The predicted octanol–water partition coefficient (Wildman–Crippen LogP) is 3.24. The second-order valence-electron chi connectivity index (χ2n) is 6.07. The molecule has 8 heteroatoms. The highest BCUT2D eigenvalue weighted by atomic mass is 19.4. The lowest BCUT2D eigenvalue weighted by atomic mass is 9.92. The lowest BCUT2D eigenvalue weighted by molar-refractivity contribution is -0.142. The molecule has 2 amide bonds. The molecule has 5 nitrogen and oxygen atoms in total. The molecule has 0 bridgehead atoms. The molecule has 1 aliphatic heterocycles. The third-order valence-corrected chi connectivity index (χ3v) is 4.48. The van der Waals surface area contributed by atoms with E-state index in [2.05, 4.69) is 10.4 Å². The van der Waals surface area contributed by atoms with Crippen LogP contribution in [0.5, 0.6) is 0 Å². The van der Waals surface area contributed by atoms with Crippen LogP contribution in [0.3, 0.4) is 0 Å². The number of rotatable bonds is 2. The van der Waals surface area contributed by atoms with E-state index < -0.39 is 12.7 Å². The van der Waals surface area contributed by atoms with E-state index in [4.69, 9.17) is 0 Å². The van der Waals surface area contributed by atoms with Gasteiger partial charge in [0.15, 0.2) is 0 Å². The summed E-state index contributed by atoms with van der Waals surface area (Å²) in [4.78, 5) is 14.2. The minimum atomic E-state index is -4.32. The number of likely N-dealkylation sites (tertiary alicyclic amines) is 1. The normalized spacial score (nSPS) is 25.1. The zero-order chi connectivity index (χ0) is 15.7. The number of anilines is 1. The van der Waals surface area contributed by atoms with Crippen LogP contribution in [-0.2, 0) is 6.54 Å². The van der Waals surface area contributed by atoms with E-state index in [1.807, 2.05) is 4.90 Å². The first kappa shape index (κ1) is 15.2. The van der Waals surface area contributed by atoms with Gasteiger partial charge in [-0.05, 0) is 31.6 Å². The van der Waals surface area contributed by atoms with Gasteiger partial charge in [0.2, 0.25) is 0 Å². The summed E-state index contributed by atoms with van der Waals surface area (Å²) in [5, 5.41) is 6.30. The van der Waals surface area contributed by atoms with E-state index in [-0.39, 0.29) is 12.1 Å². The molecule has 2 atom stereocenters. The maximum Gasteiger partial charge on any atom is 0.408 e. The van der Waals surface area contributed by atoms with Crippen molar-refractivity contribution in [1.29, 1.82) is 0 Å². The summed E-state index contributed by atoms with van der Waals surface area (Å²) in [6.45, 7) is -0.443. The maximum absolute atomic E-state index is 12.4. The highest BCUT2D eigenvalue weighted by Crippen LogP contribution is 2.36. The van der Waals surface area contributed by atoms with Crippen LogP contribution in [-0.4, -0.2) is 39.5 Å². The van der Waals surface area contributed by atoms with Crippen LogP contribution >= 0.6 is 0 Å². The third-order valence-electron chi connectivity index (χ3n) is 4.48. The van der Waals surface area contributed by atoms with E-state index in [1.54, 1.807) is 0 Å². The van der Waals surface area contributed by atoms with Crippen molar-refractivity contribution in [2.24, 2.45) is 5.92 Å². The molecule has 1 saturated heterocycles. The number of nitrogens with zero attached hydrogens (tertiary/aromatic N) is 3. The van der Waals surface area contributed by atoms with E-state index in [0.29, 0.717) is 18.2 Å². The summed E-state index contributed by atoms with van der Waals surface area (Å²) < 4.78 is 37.7. The van der Waals surface area contributed by atoms with Gasteiger partial charge in [-0.15, -0.1) is 0 Å². The number of hydrogen-bond donors (Lipinski definition) is 1. The van der Waals surface area contributed by atoms with Crippen LogP contribution in [0, 0.1) is 5.92 Å². The molecule has 0 aromatic carbocycles. The molecule has 2 heterocycles. The topological polar surface area (TPSA) is 50.2 Å². The Balaban J connectivity index is 1.62. The van der Waals surface area contributed by atoms with E-state index in [0.717, 1.165) is 36.8 Å². The van der Waals surface area contributed by atoms with Gasteiger partial charge in [-0.3, -0.25) is 4.68 Å². The molecular weight excluding hydrogens is 297 g/mol. The molecule has 0 unspecified atom stereocenters. The zero-order valence-corrected chi connectivity index (χ0v) is 12.1. The highest BCUT2D eigenvalue weighted by molar-refractivity contribution is 5.89. The first-order valence-corrected chi connectivity index (χ1v) is 7.59. The Morgan fingerprint density at radius 2 is 2.09 bits per heavy atom. The molecule has 3 rings (SSSR count). The molecule has 0 radical (unpaired) electrons. The Hall–Kier alpha value is -1.73.